The molecule has 4 heteroatoms. The maximum atomic E-state index is 5.60. The molecule has 68 valence electrons. The second-order valence-electron chi connectivity index (χ2n) is 2.70. The Morgan fingerprint density at radius 2 is 2.42 bits per heavy atom. The Kier molecular flexibility index (Phi) is 3.98. The fourth-order valence-corrected chi connectivity index (χ4v) is 1.78. The van der Waals surface area contributed by atoms with Gasteiger partial charge >= 0.3 is 0 Å². The lowest BCUT2D eigenvalue weighted by Gasteiger charge is -2.01. The van der Waals surface area contributed by atoms with Crippen LogP contribution in [0.15, 0.2) is 16.5 Å². The summed E-state index contributed by atoms with van der Waals surface area (Å²) in [6.45, 7) is 1.99. The van der Waals surface area contributed by atoms with Gasteiger partial charge in [-0.2, -0.15) is 11.8 Å². The molecule has 1 aromatic heterocycles. The highest BCUT2D eigenvalue weighted by Gasteiger charge is 2.00. The lowest BCUT2D eigenvalue weighted by Crippen LogP contribution is -2.17. The van der Waals surface area contributed by atoms with Gasteiger partial charge in [-0.1, -0.05) is 0 Å². The molecular weight excluding hydrogens is 194 g/mol. The van der Waals surface area contributed by atoms with Crippen molar-refractivity contribution < 1.29 is 4.42 Å². The van der Waals surface area contributed by atoms with Crippen molar-refractivity contribution in [1.29, 1.82) is 0 Å². The van der Waals surface area contributed by atoms with Crippen LogP contribution in [0.5, 0.6) is 0 Å². The van der Waals surface area contributed by atoms with Crippen LogP contribution in [0.3, 0.4) is 0 Å². The van der Waals surface area contributed by atoms with Crippen LogP contribution in [0.25, 0.3) is 0 Å². The zero-order valence-corrected chi connectivity index (χ0v) is 8.49. The molecule has 1 aromatic rings. The third-order valence-corrected chi connectivity index (χ3v) is 2.71. The number of thioether (sulfide) groups is 1. The third kappa shape index (κ3) is 3.52. The van der Waals surface area contributed by atoms with Crippen LogP contribution < -0.4 is 5.73 Å². The van der Waals surface area contributed by atoms with E-state index in [1.54, 1.807) is 17.8 Å². The molecule has 0 aliphatic heterocycles. The molecule has 0 saturated heterocycles. The van der Waals surface area contributed by atoms with Crippen molar-refractivity contribution in [3.8, 4) is 0 Å². The van der Waals surface area contributed by atoms with E-state index in [1.165, 1.54) is 0 Å². The highest BCUT2D eigenvalue weighted by molar-refractivity contribution is 7.98. The summed E-state index contributed by atoms with van der Waals surface area (Å²) >= 11 is 7.35. The van der Waals surface area contributed by atoms with Crippen molar-refractivity contribution in [3.05, 3.63) is 23.1 Å². The summed E-state index contributed by atoms with van der Waals surface area (Å²) in [5.74, 6) is 2.69. The molecule has 2 N–H and O–H groups in total. The minimum atomic E-state index is 0.237. The average molecular weight is 206 g/mol. The van der Waals surface area contributed by atoms with Crippen molar-refractivity contribution in [2.24, 2.45) is 5.73 Å². The Morgan fingerprint density at radius 1 is 1.67 bits per heavy atom. The molecule has 0 fully saturated rings. The van der Waals surface area contributed by atoms with Gasteiger partial charge in [0.2, 0.25) is 0 Å². The molecule has 0 saturated carbocycles. The SMILES string of the molecule is C[C@@H](N)CSCc1ccc(Cl)o1. The quantitative estimate of drug-likeness (QED) is 0.821. The van der Waals surface area contributed by atoms with Crippen molar-refractivity contribution in [1.82, 2.24) is 0 Å². The summed E-state index contributed by atoms with van der Waals surface area (Å²) < 4.78 is 5.17. The van der Waals surface area contributed by atoms with Crippen molar-refractivity contribution >= 4 is 23.4 Å². The van der Waals surface area contributed by atoms with Crippen LogP contribution in [-0.2, 0) is 5.75 Å². The maximum Gasteiger partial charge on any atom is 0.193 e. The van der Waals surface area contributed by atoms with E-state index in [-0.39, 0.29) is 6.04 Å². The number of hydrogen-bond acceptors (Lipinski definition) is 3. The molecule has 12 heavy (non-hydrogen) atoms. The molecule has 0 amide bonds. The second-order valence-corrected chi connectivity index (χ2v) is 4.10. The first-order valence-electron chi connectivity index (χ1n) is 3.76. The van der Waals surface area contributed by atoms with E-state index in [4.69, 9.17) is 21.8 Å². The Labute approximate surface area is 81.5 Å². The van der Waals surface area contributed by atoms with Crippen LogP contribution in [0.1, 0.15) is 12.7 Å². The zero-order valence-electron chi connectivity index (χ0n) is 6.92. The number of hydrogen-bond donors (Lipinski definition) is 1. The first kappa shape index (κ1) is 9.96. The first-order chi connectivity index (χ1) is 5.68. The molecule has 1 atom stereocenters. The third-order valence-electron chi connectivity index (χ3n) is 1.25. The van der Waals surface area contributed by atoms with E-state index in [9.17, 15) is 0 Å². The topological polar surface area (TPSA) is 39.2 Å². The van der Waals surface area contributed by atoms with Gasteiger partial charge in [-0.05, 0) is 30.7 Å². The second kappa shape index (κ2) is 4.80. The summed E-state index contributed by atoms with van der Waals surface area (Å²) in [7, 11) is 0. The fourth-order valence-electron chi connectivity index (χ4n) is 0.775. The number of rotatable bonds is 4. The van der Waals surface area contributed by atoms with Gasteiger partial charge in [-0.25, -0.2) is 0 Å². The van der Waals surface area contributed by atoms with Gasteiger partial charge in [0.15, 0.2) is 5.22 Å². The molecule has 0 aromatic carbocycles. The lowest BCUT2D eigenvalue weighted by atomic mass is 10.4. The van der Waals surface area contributed by atoms with E-state index < -0.39 is 0 Å². The summed E-state index contributed by atoms with van der Waals surface area (Å²) in [4.78, 5) is 0. The molecule has 1 rings (SSSR count). The van der Waals surface area contributed by atoms with Gasteiger partial charge in [-0.15, -0.1) is 0 Å². The standard InChI is InChI=1S/C8H12ClNOS/c1-6(10)4-12-5-7-2-3-8(9)11-7/h2-3,6H,4-5,10H2,1H3/t6-/m1/s1. The predicted molar refractivity (Wildman–Crippen MR) is 53.5 cm³/mol. The number of halogens is 1. The normalized spacial score (nSPS) is 13.2. The summed E-state index contributed by atoms with van der Waals surface area (Å²) in [6, 6.07) is 3.88. The maximum absolute atomic E-state index is 5.60. The predicted octanol–water partition coefficient (Wildman–Crippen LogP) is 2.51. The molecule has 2 nitrogen and oxygen atoms in total. The van der Waals surface area contributed by atoms with Crippen LogP contribution in [0, 0.1) is 0 Å². The minimum Gasteiger partial charge on any atom is -0.449 e. The van der Waals surface area contributed by atoms with Crippen LogP contribution in [0.4, 0.5) is 0 Å². The largest absolute Gasteiger partial charge is 0.449 e. The Balaban J connectivity index is 2.24. The molecule has 0 bridgehead atoms. The van der Waals surface area contributed by atoms with Gasteiger partial charge in [-0.3, -0.25) is 0 Å². The highest BCUT2D eigenvalue weighted by Crippen LogP contribution is 2.18. The molecule has 1 heterocycles. The fraction of sp³-hybridized carbons (Fsp3) is 0.500. The molecule has 0 radical (unpaired) electrons. The van der Waals surface area contributed by atoms with Crippen molar-refractivity contribution in [2.75, 3.05) is 5.75 Å². The van der Waals surface area contributed by atoms with E-state index in [0.717, 1.165) is 17.3 Å². The monoisotopic (exact) mass is 205 g/mol. The number of furan rings is 1. The van der Waals surface area contributed by atoms with Gasteiger partial charge in [0.1, 0.15) is 5.76 Å². The minimum absolute atomic E-state index is 0.237. The molecule has 0 spiro atoms. The Bertz CT molecular complexity index is 237. The zero-order chi connectivity index (χ0) is 8.97. The highest BCUT2D eigenvalue weighted by atomic mass is 35.5. The Morgan fingerprint density at radius 3 is 2.92 bits per heavy atom. The average Bonchev–Trinajstić information content (AvgIpc) is 2.35. The van der Waals surface area contributed by atoms with Crippen molar-refractivity contribution in [2.45, 2.75) is 18.7 Å². The van der Waals surface area contributed by atoms with Crippen LogP contribution >= 0.6 is 23.4 Å². The van der Waals surface area contributed by atoms with Crippen LogP contribution in [0.2, 0.25) is 5.22 Å². The Hall–Kier alpha value is -0.120. The smallest absolute Gasteiger partial charge is 0.193 e. The van der Waals surface area contributed by atoms with E-state index in [2.05, 4.69) is 0 Å². The van der Waals surface area contributed by atoms with E-state index >= 15 is 0 Å². The van der Waals surface area contributed by atoms with E-state index in [0.29, 0.717) is 5.22 Å². The lowest BCUT2D eigenvalue weighted by molar-refractivity contribution is 0.532. The van der Waals surface area contributed by atoms with E-state index in [1.807, 2.05) is 13.0 Å². The molecular formula is C8H12ClNOS. The summed E-state index contributed by atoms with van der Waals surface area (Å²) in [5.41, 5.74) is 5.58. The summed E-state index contributed by atoms with van der Waals surface area (Å²) in [5, 5.41) is 0.450. The first-order valence-corrected chi connectivity index (χ1v) is 5.29. The van der Waals surface area contributed by atoms with Gasteiger partial charge in [0, 0.05) is 11.8 Å². The van der Waals surface area contributed by atoms with Gasteiger partial charge in [0.05, 0.1) is 5.75 Å². The van der Waals surface area contributed by atoms with Gasteiger partial charge < -0.3 is 10.2 Å². The number of nitrogens with two attached hydrogens (primary N) is 1. The van der Waals surface area contributed by atoms with Gasteiger partial charge in [0.25, 0.3) is 0 Å². The molecule has 0 unspecified atom stereocenters. The van der Waals surface area contributed by atoms with Crippen molar-refractivity contribution in [3.63, 3.8) is 0 Å². The van der Waals surface area contributed by atoms with Crippen LogP contribution in [-0.4, -0.2) is 11.8 Å². The molecule has 0 aliphatic rings. The molecule has 0 aliphatic carbocycles. The summed E-state index contributed by atoms with van der Waals surface area (Å²) in [6.07, 6.45) is 0.